The standard InChI is InChI=1S/C20H30N4O2S.HI/c1-21-20(23-15-7-5-8-16(13-15)27-2)22-11-6-12-24-17-9-3-4-10-18(17)26-14-19(24)25;/h3-4,9-10,15-16H,5-8,11-14H2,1-2H3,(H2,21,22,23);1H. The molecule has 0 saturated heterocycles. The van der Waals surface area contributed by atoms with E-state index in [1.807, 2.05) is 48.0 Å². The van der Waals surface area contributed by atoms with Crippen molar-refractivity contribution in [2.75, 3.05) is 37.9 Å². The monoisotopic (exact) mass is 518 g/mol. The number of anilines is 1. The molecule has 2 N–H and O–H groups in total. The molecule has 0 radical (unpaired) electrons. The van der Waals surface area contributed by atoms with Gasteiger partial charge in [-0.05, 0) is 44.1 Å². The smallest absolute Gasteiger partial charge is 0.265 e. The molecule has 2 atom stereocenters. The Hall–Kier alpha value is -1.16. The maximum absolute atomic E-state index is 12.2. The summed E-state index contributed by atoms with van der Waals surface area (Å²) in [7, 11) is 1.81. The molecule has 1 aromatic rings. The normalized spacial score (nSPS) is 22.0. The number of hydrogen-bond acceptors (Lipinski definition) is 4. The lowest BCUT2D eigenvalue weighted by Gasteiger charge is -2.30. The number of thioether (sulfide) groups is 1. The first-order valence-corrected chi connectivity index (χ1v) is 11.0. The van der Waals surface area contributed by atoms with Crippen molar-refractivity contribution in [1.82, 2.24) is 10.6 Å². The van der Waals surface area contributed by atoms with Crippen LogP contribution in [0.2, 0.25) is 0 Å². The van der Waals surface area contributed by atoms with E-state index in [4.69, 9.17) is 4.74 Å². The van der Waals surface area contributed by atoms with Gasteiger partial charge in [0.05, 0.1) is 5.69 Å². The minimum Gasteiger partial charge on any atom is -0.482 e. The number of amides is 1. The van der Waals surface area contributed by atoms with Crippen LogP contribution in [0.25, 0.3) is 0 Å². The minimum absolute atomic E-state index is 0. The van der Waals surface area contributed by atoms with E-state index in [0.29, 0.717) is 12.6 Å². The molecule has 28 heavy (non-hydrogen) atoms. The van der Waals surface area contributed by atoms with Crippen LogP contribution in [-0.4, -0.2) is 56.2 Å². The molecule has 2 aliphatic rings. The third-order valence-electron chi connectivity index (χ3n) is 5.18. The number of carbonyl (C=O) groups is 1. The first-order chi connectivity index (χ1) is 13.2. The lowest BCUT2D eigenvalue weighted by atomic mass is 9.95. The van der Waals surface area contributed by atoms with Gasteiger partial charge in [0.2, 0.25) is 0 Å². The van der Waals surface area contributed by atoms with Gasteiger partial charge in [-0.15, -0.1) is 24.0 Å². The van der Waals surface area contributed by atoms with Crippen LogP contribution >= 0.6 is 35.7 Å². The molecule has 1 aromatic carbocycles. The average Bonchev–Trinajstić information content (AvgIpc) is 2.71. The second-order valence-corrected chi connectivity index (χ2v) is 8.16. The summed E-state index contributed by atoms with van der Waals surface area (Å²) in [5.74, 6) is 1.65. The quantitative estimate of drug-likeness (QED) is 0.262. The summed E-state index contributed by atoms with van der Waals surface area (Å²) in [6.45, 7) is 1.55. The lowest BCUT2D eigenvalue weighted by molar-refractivity contribution is -0.121. The van der Waals surface area contributed by atoms with E-state index in [0.717, 1.165) is 35.6 Å². The number of nitrogens with zero attached hydrogens (tertiary/aromatic N) is 2. The number of ether oxygens (including phenoxy) is 1. The van der Waals surface area contributed by atoms with E-state index in [1.54, 1.807) is 0 Å². The molecular formula is C20H31IN4O2S. The fraction of sp³-hybridized carbons (Fsp3) is 0.600. The van der Waals surface area contributed by atoms with Crippen molar-refractivity contribution in [3.05, 3.63) is 24.3 Å². The van der Waals surface area contributed by atoms with Gasteiger partial charge in [0.1, 0.15) is 5.75 Å². The van der Waals surface area contributed by atoms with Crippen molar-refractivity contribution in [2.45, 2.75) is 43.4 Å². The Labute approximate surface area is 189 Å². The van der Waals surface area contributed by atoms with E-state index in [1.165, 1.54) is 25.7 Å². The van der Waals surface area contributed by atoms with Crippen LogP contribution in [0.3, 0.4) is 0 Å². The number of carbonyl (C=O) groups excluding carboxylic acids is 1. The molecule has 2 unspecified atom stereocenters. The van der Waals surface area contributed by atoms with Crippen molar-refractivity contribution in [1.29, 1.82) is 0 Å². The van der Waals surface area contributed by atoms with Crippen LogP contribution in [0.5, 0.6) is 5.75 Å². The van der Waals surface area contributed by atoms with E-state index in [-0.39, 0.29) is 36.5 Å². The highest BCUT2D eigenvalue weighted by molar-refractivity contribution is 14.0. The highest BCUT2D eigenvalue weighted by Crippen LogP contribution is 2.31. The van der Waals surface area contributed by atoms with Gasteiger partial charge in [-0.3, -0.25) is 9.79 Å². The molecular weight excluding hydrogens is 487 g/mol. The molecule has 8 heteroatoms. The Bertz CT molecular complexity index is 673. The second-order valence-electron chi connectivity index (χ2n) is 7.02. The van der Waals surface area contributed by atoms with Gasteiger partial charge in [-0.2, -0.15) is 11.8 Å². The Kier molecular flexibility index (Phi) is 9.70. The maximum Gasteiger partial charge on any atom is 0.265 e. The lowest BCUT2D eigenvalue weighted by Crippen LogP contribution is -2.46. The predicted molar refractivity (Wildman–Crippen MR) is 128 cm³/mol. The van der Waals surface area contributed by atoms with Gasteiger partial charge in [0.25, 0.3) is 5.91 Å². The number of nitrogens with one attached hydrogen (secondary N) is 2. The van der Waals surface area contributed by atoms with Crippen LogP contribution in [0, 0.1) is 0 Å². The van der Waals surface area contributed by atoms with Crippen LogP contribution in [0.1, 0.15) is 32.1 Å². The largest absolute Gasteiger partial charge is 0.482 e. The molecule has 1 aliphatic carbocycles. The van der Waals surface area contributed by atoms with Gasteiger partial charge < -0.3 is 20.3 Å². The Balaban J connectivity index is 0.00000280. The van der Waals surface area contributed by atoms with Crippen molar-refractivity contribution in [3.63, 3.8) is 0 Å². The van der Waals surface area contributed by atoms with E-state index in [9.17, 15) is 4.79 Å². The second kappa shape index (κ2) is 11.7. The fourth-order valence-electron chi connectivity index (χ4n) is 3.72. The molecule has 1 fully saturated rings. The predicted octanol–water partition coefficient (Wildman–Crippen LogP) is 3.26. The molecule has 1 saturated carbocycles. The van der Waals surface area contributed by atoms with Gasteiger partial charge >= 0.3 is 0 Å². The van der Waals surface area contributed by atoms with E-state index < -0.39 is 0 Å². The average molecular weight is 518 g/mol. The molecule has 1 heterocycles. The molecule has 0 spiro atoms. The van der Waals surface area contributed by atoms with Gasteiger partial charge in [0, 0.05) is 31.4 Å². The summed E-state index contributed by atoms with van der Waals surface area (Å²) >= 11 is 1.97. The first-order valence-electron chi connectivity index (χ1n) is 9.73. The molecule has 6 nitrogen and oxygen atoms in total. The highest BCUT2D eigenvalue weighted by Gasteiger charge is 2.25. The Morgan fingerprint density at radius 2 is 2.18 bits per heavy atom. The van der Waals surface area contributed by atoms with Crippen LogP contribution in [0.4, 0.5) is 5.69 Å². The number of fused-ring (bicyclic) bond motifs is 1. The molecule has 1 amide bonds. The molecule has 156 valence electrons. The molecule has 3 rings (SSSR count). The SMILES string of the molecule is CN=C(NCCCN1C(=O)COc2ccccc21)NC1CCCC(SC)C1.I. The number of aliphatic imine (C=N–C) groups is 1. The van der Waals surface area contributed by atoms with E-state index in [2.05, 4.69) is 21.9 Å². The van der Waals surface area contributed by atoms with Crippen LogP contribution in [-0.2, 0) is 4.79 Å². The van der Waals surface area contributed by atoms with Crippen LogP contribution < -0.4 is 20.3 Å². The highest BCUT2D eigenvalue weighted by atomic mass is 127. The maximum atomic E-state index is 12.2. The fourth-order valence-corrected chi connectivity index (χ4v) is 4.55. The summed E-state index contributed by atoms with van der Waals surface area (Å²) in [5, 5.41) is 7.70. The Morgan fingerprint density at radius 3 is 2.96 bits per heavy atom. The number of para-hydroxylation sites is 2. The molecule has 1 aliphatic heterocycles. The van der Waals surface area contributed by atoms with Crippen molar-refractivity contribution >= 4 is 53.3 Å². The van der Waals surface area contributed by atoms with Crippen molar-refractivity contribution in [2.24, 2.45) is 4.99 Å². The van der Waals surface area contributed by atoms with Gasteiger partial charge in [-0.25, -0.2) is 0 Å². The zero-order valence-electron chi connectivity index (χ0n) is 16.6. The summed E-state index contributed by atoms with van der Waals surface area (Å²) in [6, 6.07) is 8.20. The third kappa shape index (κ3) is 6.17. The third-order valence-corrected chi connectivity index (χ3v) is 6.28. The Morgan fingerprint density at radius 1 is 1.36 bits per heavy atom. The molecule has 0 aromatic heterocycles. The van der Waals surface area contributed by atoms with Crippen LogP contribution in [0.15, 0.2) is 29.3 Å². The first kappa shape index (κ1) is 23.1. The van der Waals surface area contributed by atoms with E-state index >= 15 is 0 Å². The number of benzene rings is 1. The molecule has 0 bridgehead atoms. The summed E-state index contributed by atoms with van der Waals surface area (Å²) in [6.07, 6.45) is 8.04. The zero-order valence-corrected chi connectivity index (χ0v) is 19.8. The summed E-state index contributed by atoms with van der Waals surface area (Å²) < 4.78 is 5.49. The summed E-state index contributed by atoms with van der Waals surface area (Å²) in [4.78, 5) is 18.4. The minimum atomic E-state index is 0. The van der Waals surface area contributed by atoms with Gasteiger partial charge in [-0.1, -0.05) is 18.6 Å². The number of guanidine groups is 1. The number of hydrogen-bond donors (Lipinski definition) is 2. The zero-order chi connectivity index (χ0) is 19.1. The number of halogens is 1. The number of rotatable bonds is 6. The summed E-state index contributed by atoms with van der Waals surface area (Å²) in [5.41, 5.74) is 0.863. The van der Waals surface area contributed by atoms with Crippen molar-refractivity contribution < 1.29 is 9.53 Å². The van der Waals surface area contributed by atoms with Crippen molar-refractivity contribution in [3.8, 4) is 5.75 Å². The topological polar surface area (TPSA) is 66.0 Å². The van der Waals surface area contributed by atoms with Gasteiger partial charge in [0.15, 0.2) is 12.6 Å².